The molecule has 0 radical (unpaired) electrons. The molecule has 0 atom stereocenters. The molecule has 0 fully saturated rings. The summed E-state index contributed by atoms with van der Waals surface area (Å²) in [5.74, 6) is 0.980. The molecule has 8 aromatic rings. The van der Waals surface area contributed by atoms with Gasteiger partial charge in [0.2, 0.25) is 0 Å². The van der Waals surface area contributed by atoms with Crippen LogP contribution in [0.5, 0.6) is 0 Å². The Kier molecular flexibility index (Phi) is 33.7. The fourth-order valence-electron chi connectivity index (χ4n) is 12.5. The monoisotopic (exact) mass is 1540 g/mol. The fourth-order valence-corrected chi connectivity index (χ4v) is 14.8. The second-order valence-corrected chi connectivity index (χ2v) is 29.1. The highest BCUT2D eigenvalue weighted by Crippen LogP contribution is 2.40. The summed E-state index contributed by atoms with van der Waals surface area (Å²) in [6, 6.07) is 51.8. The minimum Gasteiger partial charge on any atom is -0.473 e. The van der Waals surface area contributed by atoms with Gasteiger partial charge in [-0.3, -0.25) is 4.79 Å². The average molecular weight is 1540 g/mol. The maximum absolute atomic E-state index is 10.5. The Labute approximate surface area is 685 Å². The van der Waals surface area contributed by atoms with Crippen molar-refractivity contribution in [3.63, 3.8) is 0 Å². The molecule has 9 aliphatic heterocycles. The number of fused-ring (bicyclic) bond motifs is 4. The van der Waals surface area contributed by atoms with Gasteiger partial charge in [-0.15, -0.1) is 11.8 Å². The highest BCUT2D eigenvalue weighted by atomic mass is 32.2. The Bertz CT molecular complexity index is 5350. The Morgan fingerprint density at radius 1 is 0.354 bits per heavy atom. The van der Waals surface area contributed by atoms with E-state index in [9.17, 15) is 4.79 Å². The van der Waals surface area contributed by atoms with Crippen LogP contribution in [0, 0.1) is 13.8 Å². The number of thioether (sulfide) groups is 3. The van der Waals surface area contributed by atoms with Crippen molar-refractivity contribution in [2.75, 3.05) is 42.9 Å². The number of allylic oxidation sites excluding steroid dienone is 31. The lowest BCUT2D eigenvalue weighted by atomic mass is 9.96. The molecule has 1 aliphatic carbocycles. The number of rotatable bonds is 0. The second kappa shape index (κ2) is 44.8. The zero-order valence-electron chi connectivity index (χ0n) is 67.5. The summed E-state index contributed by atoms with van der Waals surface area (Å²) in [5, 5.41) is 16.5. The molecule has 7 nitrogen and oxygen atoms in total. The molecule has 10 heteroatoms. The summed E-state index contributed by atoms with van der Waals surface area (Å²) < 4.78 is 9.82. The summed E-state index contributed by atoms with van der Waals surface area (Å²) in [6.45, 7) is 20.5. The van der Waals surface area contributed by atoms with Crippen LogP contribution >= 0.6 is 35.3 Å². The van der Waals surface area contributed by atoms with E-state index in [0.717, 1.165) is 11.3 Å². The first-order valence-electron chi connectivity index (χ1n) is 38.0. The fraction of sp³-hybridized carbons (Fsp3) is 0.136. The molecule has 0 bridgehead atoms. The first kappa shape index (κ1) is 85.1. The second-order valence-electron chi connectivity index (χ2n) is 26.4. The van der Waals surface area contributed by atoms with Crippen LogP contribution in [0.3, 0.4) is 0 Å². The third-order valence-electron chi connectivity index (χ3n) is 19.0. The van der Waals surface area contributed by atoms with Crippen LogP contribution in [0.15, 0.2) is 401 Å². The standard InChI is InChI=1S/C15H12S.2C14H13N.C12H13N.C11H10S.C8H11N.C8H8O.2C7H8O.C7H8S/c1-2-11-7-8-16-15-10-13-6-4-3-5-12(13)9-14(11)15;1-10-6-7-11-8-9-15(2)13-5-3-4-12(10)14(11)13;1-10-6-7-11-4-3-5-13-14(11)12(10)8-9-15(13)2;1-3-10-8-9-13(2)12-7-5-4-6-11(10)12;1-2-9-7-8-12-11-6-4-3-5-10(9)11;1-3-8-4-6-9(2)7-5-8;1-2-7-3-5-8(9)6-4-7;1-2-7-3-5-8-6-4-7;1-2-7-5-3-4-6-8-7;1-2-7-3-5-8-6-4-7/h2-10H,1H3;2*3-9H,1-2H3;3-9H,1-2H3;2-8H,1H3;3-7H,1-2H3;2-6H,1H3;3*2-6H,1H3/b11-2+;;;10-3+;9-2+;;;;7-2+;. The van der Waals surface area contributed by atoms with Gasteiger partial charge in [0.15, 0.2) is 5.78 Å². The summed E-state index contributed by atoms with van der Waals surface area (Å²) in [7, 11) is 8.27. The van der Waals surface area contributed by atoms with Gasteiger partial charge >= 0.3 is 0 Å². The molecule has 0 N–H and O–H groups in total. The third kappa shape index (κ3) is 24.5. The third-order valence-corrected chi connectivity index (χ3v) is 21.3. The predicted octanol–water partition coefficient (Wildman–Crippen LogP) is 29.0. The lowest BCUT2D eigenvalue weighted by Crippen LogP contribution is -2.13. The van der Waals surface area contributed by atoms with E-state index in [-0.39, 0.29) is 5.78 Å². The number of ether oxygens (including phenoxy) is 2. The van der Waals surface area contributed by atoms with Crippen molar-refractivity contribution in [1.29, 1.82) is 0 Å². The molecular weight excluding hydrogens is 1440 g/mol. The molecule has 113 heavy (non-hydrogen) atoms. The zero-order valence-corrected chi connectivity index (χ0v) is 70.0. The molecule has 0 aromatic heterocycles. The van der Waals surface area contributed by atoms with Gasteiger partial charge in [0, 0.05) is 102 Å². The highest BCUT2D eigenvalue weighted by Gasteiger charge is 2.16. The van der Waals surface area contributed by atoms with Crippen molar-refractivity contribution in [2.24, 2.45) is 0 Å². The Morgan fingerprint density at radius 2 is 0.876 bits per heavy atom. The molecule has 0 spiro atoms. The number of hydrogen-bond donors (Lipinski definition) is 0. The Hall–Kier alpha value is -11.9. The predicted molar refractivity (Wildman–Crippen MR) is 500 cm³/mol. The molecule has 0 saturated carbocycles. The van der Waals surface area contributed by atoms with Gasteiger partial charge in [-0.2, -0.15) is 0 Å². The van der Waals surface area contributed by atoms with Crippen LogP contribution in [-0.2, 0) is 14.3 Å². The molecule has 0 saturated heterocycles. The van der Waals surface area contributed by atoms with E-state index >= 15 is 0 Å². The average Bonchev–Trinajstić information content (AvgIpc) is 0.751. The van der Waals surface area contributed by atoms with E-state index in [1.807, 2.05) is 120 Å². The molecule has 18 rings (SSSR count). The smallest absolute Gasteiger partial charge is 0.178 e. The Balaban J connectivity index is 0.000000146. The highest BCUT2D eigenvalue weighted by molar-refractivity contribution is 8.05. The maximum Gasteiger partial charge on any atom is 0.178 e. The van der Waals surface area contributed by atoms with Crippen LogP contribution in [0.25, 0.3) is 61.2 Å². The van der Waals surface area contributed by atoms with E-state index in [1.54, 1.807) is 66.2 Å². The molecule has 0 amide bonds. The number of hydrogen-bond acceptors (Lipinski definition) is 10. The van der Waals surface area contributed by atoms with E-state index in [2.05, 4.69) is 341 Å². The quantitative estimate of drug-likeness (QED) is 0.147. The van der Waals surface area contributed by atoms with E-state index < -0.39 is 0 Å². The minimum absolute atomic E-state index is 0.0700. The van der Waals surface area contributed by atoms with Crippen LogP contribution in [-0.4, -0.2) is 38.9 Å². The van der Waals surface area contributed by atoms with Crippen LogP contribution in [0.2, 0.25) is 0 Å². The van der Waals surface area contributed by atoms with Crippen LogP contribution in [0.1, 0.15) is 94.3 Å². The number of carbonyl (C=O) groups is 1. The van der Waals surface area contributed by atoms with Gasteiger partial charge < -0.3 is 29.1 Å². The van der Waals surface area contributed by atoms with Gasteiger partial charge in [-0.25, -0.2) is 0 Å². The Morgan fingerprint density at radius 3 is 1.50 bits per heavy atom. The number of carbonyl (C=O) groups excluding carboxylic acids is 1. The molecule has 8 aromatic carbocycles. The zero-order chi connectivity index (χ0) is 80.3. The molecular formula is C103H104N4O3S3. The van der Waals surface area contributed by atoms with Crippen LogP contribution in [0.4, 0.5) is 17.1 Å². The topological polar surface area (TPSA) is 48.5 Å². The summed E-state index contributed by atoms with van der Waals surface area (Å²) in [4.78, 5) is 21.7. The minimum atomic E-state index is 0.0700. The van der Waals surface area contributed by atoms with Crippen molar-refractivity contribution in [2.45, 2.75) is 79.0 Å². The van der Waals surface area contributed by atoms with Gasteiger partial charge in [0.1, 0.15) is 5.76 Å². The number of aryl methyl sites for hydroxylation is 2. The van der Waals surface area contributed by atoms with Crippen molar-refractivity contribution in [1.82, 2.24) is 4.90 Å². The van der Waals surface area contributed by atoms with Gasteiger partial charge in [0.05, 0.1) is 18.8 Å². The molecule has 0 unspecified atom stereocenters. The number of anilines is 3. The van der Waals surface area contributed by atoms with E-state index in [1.165, 1.54) is 132 Å². The number of benzene rings is 8. The van der Waals surface area contributed by atoms with Crippen molar-refractivity contribution >= 4 is 119 Å². The van der Waals surface area contributed by atoms with E-state index in [4.69, 9.17) is 9.47 Å². The number of nitrogens with zero attached hydrogens (tertiary/aromatic N) is 4. The molecule has 10 aliphatic rings. The number of para-hydroxylation sites is 1. The summed E-state index contributed by atoms with van der Waals surface area (Å²) in [6.07, 6.45) is 67.5. The molecule has 9 heterocycles. The van der Waals surface area contributed by atoms with Gasteiger partial charge in [0.25, 0.3) is 0 Å². The van der Waals surface area contributed by atoms with Crippen molar-refractivity contribution in [3.05, 3.63) is 430 Å². The lowest BCUT2D eigenvalue weighted by molar-refractivity contribution is -0.110. The molecule has 572 valence electrons. The first-order valence-corrected chi connectivity index (χ1v) is 40.7. The van der Waals surface area contributed by atoms with Crippen molar-refractivity contribution < 1.29 is 14.3 Å². The van der Waals surface area contributed by atoms with Crippen LogP contribution < -0.4 is 14.7 Å². The summed E-state index contributed by atoms with van der Waals surface area (Å²) >= 11 is 5.30. The number of ketones is 1. The lowest BCUT2D eigenvalue weighted by Gasteiger charge is -2.23. The maximum atomic E-state index is 10.5. The summed E-state index contributed by atoms with van der Waals surface area (Å²) in [5.41, 5.74) is 22.1. The van der Waals surface area contributed by atoms with Gasteiger partial charge in [-0.1, -0.05) is 193 Å². The van der Waals surface area contributed by atoms with Crippen molar-refractivity contribution in [3.8, 4) is 0 Å². The first-order chi connectivity index (χ1) is 55.1. The largest absolute Gasteiger partial charge is 0.473 e. The normalized spacial score (nSPS) is 16.4. The van der Waals surface area contributed by atoms with E-state index in [0.29, 0.717) is 0 Å². The SMILES string of the molecule is C/C=C1\C=CC=CO1.C/C=C1\C=CN(C)c2ccccc21.C/C=C1\C=CSc2cc3ccccc3cc21.C/C=C1\C=CSc2ccccc21.CC=C1C=CC(=O)C=C1.CC=C1C=CN(C)C=C1.CC=C1C=COC=C1.CC=C1C=CSC=C1.Cc1ccc2c3c(cccc13)N(C)C=C2.Cc1ccc2cccc3c2c1C=CN3C. The van der Waals surface area contributed by atoms with Gasteiger partial charge in [-0.05, 0) is 318 Å².